The van der Waals surface area contributed by atoms with E-state index in [1.54, 1.807) is 0 Å². The molecule has 0 spiro atoms. The average molecular weight is 229 g/mol. The minimum absolute atomic E-state index is 0.278. The highest BCUT2D eigenvalue weighted by Gasteiger charge is 2.34. The summed E-state index contributed by atoms with van der Waals surface area (Å²) < 4.78 is 8.64. The normalized spacial score (nSPS) is 14.3. The summed E-state index contributed by atoms with van der Waals surface area (Å²) in [6, 6.07) is 0. The Morgan fingerprint density at radius 3 is 2.93 bits per heavy atom. The quantitative estimate of drug-likeness (QED) is 0.778. The lowest BCUT2D eigenvalue weighted by atomic mass is 9.97. The number of carbonyl (C=O) groups excluding carboxylic acids is 1. The van der Waals surface area contributed by atoms with Gasteiger partial charge in [-0.05, 0) is 13.3 Å². The number of anilines is 1. The Morgan fingerprint density at radius 2 is 2.47 bits per heavy atom. The number of ether oxygens (including phenoxy) is 1. The summed E-state index contributed by atoms with van der Waals surface area (Å²) in [5.41, 5.74) is -0.719. The number of nitrogens with one attached hydrogen (secondary N) is 1. The highest BCUT2D eigenvalue weighted by Crippen LogP contribution is 2.21. The fourth-order valence-electron chi connectivity index (χ4n) is 1.41. The van der Waals surface area contributed by atoms with E-state index in [1.807, 2.05) is 13.8 Å². The first-order chi connectivity index (χ1) is 7.12. The minimum atomic E-state index is -0.719. The van der Waals surface area contributed by atoms with Crippen molar-refractivity contribution in [2.75, 3.05) is 12.4 Å². The van der Waals surface area contributed by atoms with Gasteiger partial charge in [0, 0.05) is 11.5 Å². The highest BCUT2D eigenvalue weighted by atomic mass is 32.1. The fourth-order valence-corrected chi connectivity index (χ4v) is 1.96. The van der Waals surface area contributed by atoms with Crippen molar-refractivity contribution >= 4 is 22.6 Å². The van der Waals surface area contributed by atoms with Crippen molar-refractivity contribution in [2.45, 2.75) is 32.2 Å². The lowest BCUT2D eigenvalue weighted by molar-refractivity contribution is -0.145. The Morgan fingerprint density at radius 1 is 1.73 bits per heavy atom. The van der Waals surface area contributed by atoms with E-state index >= 15 is 0 Å². The molecule has 15 heavy (non-hydrogen) atoms. The highest BCUT2D eigenvalue weighted by molar-refractivity contribution is 7.09. The number of hydrogen-bond acceptors (Lipinski definition) is 6. The molecule has 1 aromatic heterocycles. The van der Waals surface area contributed by atoms with Gasteiger partial charge in [-0.1, -0.05) is 13.3 Å². The predicted octanol–water partition coefficient (Wildman–Crippen LogP) is 1.68. The third-order valence-electron chi connectivity index (χ3n) is 2.13. The van der Waals surface area contributed by atoms with Crippen molar-refractivity contribution in [3.05, 3.63) is 6.33 Å². The fraction of sp³-hybridized carbons (Fsp3) is 0.667. The van der Waals surface area contributed by atoms with Crippen molar-refractivity contribution in [1.82, 2.24) is 9.36 Å². The third kappa shape index (κ3) is 2.89. The maximum absolute atomic E-state index is 11.6. The molecular formula is C9H15N3O2S. The van der Waals surface area contributed by atoms with Crippen LogP contribution in [0, 0.1) is 0 Å². The molecule has 0 radical (unpaired) electrons. The molecule has 5 nitrogen and oxygen atoms in total. The summed E-state index contributed by atoms with van der Waals surface area (Å²) in [6.45, 7) is 3.83. The second-order valence-corrected chi connectivity index (χ2v) is 4.23. The van der Waals surface area contributed by atoms with Crippen LogP contribution in [0.4, 0.5) is 5.13 Å². The molecule has 0 aliphatic carbocycles. The van der Waals surface area contributed by atoms with Crippen molar-refractivity contribution in [2.24, 2.45) is 0 Å². The van der Waals surface area contributed by atoms with E-state index < -0.39 is 5.54 Å². The molecule has 1 rings (SSSR count). The number of hydrogen-bond donors (Lipinski definition) is 1. The zero-order valence-corrected chi connectivity index (χ0v) is 9.93. The summed E-state index contributed by atoms with van der Waals surface area (Å²) in [5.74, 6) is -0.278. The summed E-state index contributed by atoms with van der Waals surface area (Å²) in [6.07, 6.45) is 3.04. The average Bonchev–Trinajstić information content (AvgIpc) is 2.69. The molecule has 0 aliphatic rings. The van der Waals surface area contributed by atoms with Gasteiger partial charge in [0.1, 0.15) is 11.9 Å². The van der Waals surface area contributed by atoms with Crippen molar-refractivity contribution in [1.29, 1.82) is 0 Å². The van der Waals surface area contributed by atoms with Crippen LogP contribution in [0.3, 0.4) is 0 Å². The zero-order valence-electron chi connectivity index (χ0n) is 9.11. The molecule has 1 atom stereocenters. The summed E-state index contributed by atoms with van der Waals surface area (Å²) in [4.78, 5) is 15.6. The van der Waals surface area contributed by atoms with Crippen molar-refractivity contribution < 1.29 is 9.53 Å². The summed E-state index contributed by atoms with van der Waals surface area (Å²) in [5, 5.41) is 3.69. The van der Waals surface area contributed by atoms with E-state index in [2.05, 4.69) is 14.7 Å². The van der Waals surface area contributed by atoms with Crippen LogP contribution in [0.15, 0.2) is 6.33 Å². The van der Waals surface area contributed by atoms with Gasteiger partial charge in [-0.2, -0.15) is 4.37 Å². The van der Waals surface area contributed by atoms with Crippen LogP contribution in [0.2, 0.25) is 0 Å². The van der Waals surface area contributed by atoms with E-state index in [9.17, 15) is 4.79 Å². The second kappa shape index (κ2) is 5.06. The van der Waals surface area contributed by atoms with Crippen LogP contribution in [-0.4, -0.2) is 28.0 Å². The molecule has 0 bridgehead atoms. The largest absolute Gasteiger partial charge is 0.467 e. The van der Waals surface area contributed by atoms with Gasteiger partial charge in [0.25, 0.3) is 0 Å². The van der Waals surface area contributed by atoms with E-state index in [0.29, 0.717) is 11.6 Å². The van der Waals surface area contributed by atoms with Crippen LogP contribution in [0.25, 0.3) is 0 Å². The van der Waals surface area contributed by atoms with E-state index in [4.69, 9.17) is 4.74 Å². The molecule has 1 N–H and O–H groups in total. The lowest BCUT2D eigenvalue weighted by Crippen LogP contribution is -2.44. The number of methoxy groups -OCH3 is 1. The summed E-state index contributed by atoms with van der Waals surface area (Å²) >= 11 is 1.22. The predicted molar refractivity (Wildman–Crippen MR) is 58.9 cm³/mol. The first-order valence-electron chi connectivity index (χ1n) is 4.75. The third-order valence-corrected chi connectivity index (χ3v) is 2.71. The SMILES string of the molecule is CCCC(C)(Nc1ncns1)C(=O)OC. The van der Waals surface area contributed by atoms with Crippen LogP contribution in [0.1, 0.15) is 26.7 Å². The van der Waals surface area contributed by atoms with Gasteiger partial charge in [-0.3, -0.25) is 0 Å². The van der Waals surface area contributed by atoms with Gasteiger partial charge in [0.05, 0.1) is 7.11 Å². The van der Waals surface area contributed by atoms with Gasteiger partial charge < -0.3 is 10.1 Å². The first kappa shape index (κ1) is 11.9. The standard InChI is InChI=1S/C9H15N3O2S/c1-4-5-9(2,7(13)14-3)12-8-10-6-11-15-8/h6H,4-5H2,1-3H3,(H,10,11,12). The van der Waals surface area contributed by atoms with Crippen molar-refractivity contribution in [3.8, 4) is 0 Å². The number of rotatable bonds is 5. The zero-order chi connectivity index (χ0) is 11.3. The molecule has 1 aromatic rings. The molecule has 6 heteroatoms. The molecule has 84 valence electrons. The molecule has 0 aliphatic heterocycles. The monoisotopic (exact) mass is 229 g/mol. The maximum atomic E-state index is 11.6. The smallest absolute Gasteiger partial charge is 0.331 e. The Bertz CT molecular complexity index is 315. The second-order valence-electron chi connectivity index (χ2n) is 3.45. The van der Waals surface area contributed by atoms with Gasteiger partial charge in [-0.15, -0.1) is 0 Å². The van der Waals surface area contributed by atoms with Gasteiger partial charge >= 0.3 is 5.97 Å². The molecular weight excluding hydrogens is 214 g/mol. The van der Waals surface area contributed by atoms with Gasteiger partial charge in [0.2, 0.25) is 5.13 Å². The van der Waals surface area contributed by atoms with Crippen molar-refractivity contribution in [3.63, 3.8) is 0 Å². The maximum Gasteiger partial charge on any atom is 0.331 e. The molecule has 1 heterocycles. The Kier molecular flexibility index (Phi) is 4.02. The number of nitrogens with zero attached hydrogens (tertiary/aromatic N) is 2. The molecule has 0 saturated heterocycles. The topological polar surface area (TPSA) is 64.1 Å². The first-order valence-corrected chi connectivity index (χ1v) is 5.53. The lowest BCUT2D eigenvalue weighted by Gasteiger charge is -2.26. The van der Waals surface area contributed by atoms with Crippen LogP contribution in [-0.2, 0) is 9.53 Å². The van der Waals surface area contributed by atoms with Crippen LogP contribution >= 0.6 is 11.5 Å². The Hall–Kier alpha value is -1.17. The van der Waals surface area contributed by atoms with E-state index in [0.717, 1.165) is 6.42 Å². The van der Waals surface area contributed by atoms with Gasteiger partial charge in [0.15, 0.2) is 0 Å². The molecule has 1 unspecified atom stereocenters. The van der Waals surface area contributed by atoms with Crippen LogP contribution < -0.4 is 5.32 Å². The summed E-state index contributed by atoms with van der Waals surface area (Å²) in [7, 11) is 1.39. The Labute approximate surface area is 93.0 Å². The molecule has 0 aromatic carbocycles. The molecule has 0 fully saturated rings. The van der Waals surface area contributed by atoms with Crippen LogP contribution in [0.5, 0.6) is 0 Å². The molecule has 0 amide bonds. The Balaban J connectivity index is 2.77. The minimum Gasteiger partial charge on any atom is -0.467 e. The number of carbonyl (C=O) groups is 1. The number of esters is 1. The van der Waals surface area contributed by atoms with E-state index in [1.165, 1.54) is 25.0 Å². The van der Waals surface area contributed by atoms with E-state index in [-0.39, 0.29) is 5.97 Å². The number of aromatic nitrogens is 2. The van der Waals surface area contributed by atoms with Gasteiger partial charge in [-0.25, -0.2) is 9.78 Å². The molecule has 0 saturated carbocycles.